The van der Waals surface area contributed by atoms with Gasteiger partial charge < -0.3 is 5.11 Å². The second-order valence-corrected chi connectivity index (χ2v) is 4.11. The highest BCUT2D eigenvalue weighted by molar-refractivity contribution is 5.86. The Kier molecular flexibility index (Phi) is 4.07. The molecule has 0 aliphatic rings. The van der Waals surface area contributed by atoms with Crippen molar-refractivity contribution in [3.05, 3.63) is 0 Å². The van der Waals surface area contributed by atoms with Crippen LogP contribution < -0.4 is 5.32 Å². The molecule has 0 heterocycles. The first kappa shape index (κ1) is 12.1. The number of carbonyl (C=O) groups excluding carboxylic acids is 1. The first-order valence-corrected chi connectivity index (χ1v) is 4.24. The number of carbonyl (C=O) groups is 2. The monoisotopic (exact) mass is 187 g/mol. The molecule has 0 bridgehead atoms. The van der Waals surface area contributed by atoms with Crippen LogP contribution in [-0.4, -0.2) is 29.4 Å². The molecular formula is C9H17NO3. The first-order chi connectivity index (χ1) is 5.75. The van der Waals surface area contributed by atoms with Gasteiger partial charge >= 0.3 is 5.97 Å². The standard InChI is InChI=1S/C9H17NO3/c1-6(8(12)13)10-5-7(11)9(2,3)4/h6,10H,5H2,1-4H3,(H,12,13)/t6-/m1/s1. The van der Waals surface area contributed by atoms with Crippen molar-refractivity contribution in [2.45, 2.75) is 33.7 Å². The quantitative estimate of drug-likeness (QED) is 0.678. The van der Waals surface area contributed by atoms with E-state index >= 15 is 0 Å². The molecule has 0 radical (unpaired) electrons. The van der Waals surface area contributed by atoms with E-state index in [4.69, 9.17) is 5.11 Å². The number of hydrogen-bond donors (Lipinski definition) is 2. The molecule has 0 amide bonds. The topological polar surface area (TPSA) is 66.4 Å². The summed E-state index contributed by atoms with van der Waals surface area (Å²) in [7, 11) is 0. The number of carboxylic acid groups (broad SMARTS) is 1. The summed E-state index contributed by atoms with van der Waals surface area (Å²) in [4.78, 5) is 21.7. The Morgan fingerprint density at radius 1 is 1.38 bits per heavy atom. The number of aliphatic carboxylic acids is 1. The van der Waals surface area contributed by atoms with Crippen LogP contribution >= 0.6 is 0 Å². The molecule has 13 heavy (non-hydrogen) atoms. The highest BCUT2D eigenvalue weighted by atomic mass is 16.4. The Morgan fingerprint density at radius 3 is 2.15 bits per heavy atom. The predicted molar refractivity (Wildman–Crippen MR) is 49.6 cm³/mol. The van der Waals surface area contributed by atoms with Crippen LogP contribution in [0.1, 0.15) is 27.7 Å². The molecule has 0 fully saturated rings. The van der Waals surface area contributed by atoms with E-state index in [1.807, 2.05) is 20.8 Å². The lowest BCUT2D eigenvalue weighted by Gasteiger charge is -2.17. The van der Waals surface area contributed by atoms with E-state index < -0.39 is 17.4 Å². The van der Waals surface area contributed by atoms with E-state index in [1.165, 1.54) is 6.92 Å². The van der Waals surface area contributed by atoms with Crippen LogP contribution in [0.25, 0.3) is 0 Å². The lowest BCUT2D eigenvalue weighted by molar-refractivity contribution is -0.139. The summed E-state index contributed by atoms with van der Waals surface area (Å²) in [6.07, 6.45) is 0. The lowest BCUT2D eigenvalue weighted by Crippen LogP contribution is -2.40. The van der Waals surface area contributed by atoms with E-state index in [0.717, 1.165) is 0 Å². The third kappa shape index (κ3) is 4.62. The smallest absolute Gasteiger partial charge is 0.320 e. The highest BCUT2D eigenvalue weighted by Crippen LogP contribution is 2.13. The maximum Gasteiger partial charge on any atom is 0.320 e. The average Bonchev–Trinajstić information content (AvgIpc) is 1.97. The largest absolute Gasteiger partial charge is 0.480 e. The Morgan fingerprint density at radius 2 is 1.85 bits per heavy atom. The van der Waals surface area contributed by atoms with Crippen molar-refractivity contribution in [3.8, 4) is 0 Å². The van der Waals surface area contributed by atoms with Crippen LogP contribution in [0.5, 0.6) is 0 Å². The van der Waals surface area contributed by atoms with Crippen LogP contribution in [-0.2, 0) is 9.59 Å². The maximum atomic E-state index is 11.3. The van der Waals surface area contributed by atoms with Gasteiger partial charge in [0.2, 0.25) is 0 Å². The number of ketones is 1. The fraction of sp³-hybridized carbons (Fsp3) is 0.778. The predicted octanol–water partition coefficient (Wildman–Crippen LogP) is 0.664. The van der Waals surface area contributed by atoms with Gasteiger partial charge in [-0.3, -0.25) is 14.9 Å². The average molecular weight is 187 g/mol. The van der Waals surface area contributed by atoms with Gasteiger partial charge in [-0.2, -0.15) is 0 Å². The molecule has 1 atom stereocenters. The molecule has 4 nitrogen and oxygen atoms in total. The van der Waals surface area contributed by atoms with E-state index in [0.29, 0.717) is 0 Å². The van der Waals surface area contributed by atoms with Crippen LogP contribution in [0.3, 0.4) is 0 Å². The van der Waals surface area contributed by atoms with E-state index in [-0.39, 0.29) is 12.3 Å². The summed E-state index contributed by atoms with van der Waals surface area (Å²) < 4.78 is 0. The van der Waals surface area contributed by atoms with Gasteiger partial charge in [0.25, 0.3) is 0 Å². The van der Waals surface area contributed by atoms with Crippen LogP contribution in [0.4, 0.5) is 0 Å². The summed E-state index contributed by atoms with van der Waals surface area (Å²) in [5.74, 6) is -0.928. The zero-order valence-electron chi connectivity index (χ0n) is 8.55. The van der Waals surface area contributed by atoms with Gasteiger partial charge in [0.05, 0.1) is 6.54 Å². The molecule has 0 aromatic carbocycles. The van der Waals surface area contributed by atoms with Crippen molar-refractivity contribution < 1.29 is 14.7 Å². The minimum absolute atomic E-state index is 0.0144. The Bertz CT molecular complexity index is 205. The van der Waals surface area contributed by atoms with Gasteiger partial charge in [-0.1, -0.05) is 20.8 Å². The molecule has 0 aromatic heterocycles. The lowest BCUT2D eigenvalue weighted by atomic mass is 9.91. The molecule has 0 aliphatic heterocycles. The summed E-state index contributed by atoms with van der Waals surface area (Å²) >= 11 is 0. The molecule has 0 spiro atoms. The van der Waals surface area contributed by atoms with Crippen LogP contribution in [0, 0.1) is 5.41 Å². The summed E-state index contributed by atoms with van der Waals surface area (Å²) in [5.41, 5.74) is -0.411. The molecule has 4 heteroatoms. The molecule has 2 N–H and O–H groups in total. The zero-order valence-corrected chi connectivity index (χ0v) is 8.55. The molecular weight excluding hydrogens is 170 g/mol. The minimum atomic E-state index is -0.943. The van der Waals surface area contributed by atoms with Gasteiger partial charge in [-0.15, -0.1) is 0 Å². The van der Waals surface area contributed by atoms with Crippen molar-refractivity contribution in [2.24, 2.45) is 5.41 Å². The van der Waals surface area contributed by atoms with Crippen molar-refractivity contribution >= 4 is 11.8 Å². The molecule has 0 aliphatic carbocycles. The zero-order chi connectivity index (χ0) is 10.6. The normalized spacial score (nSPS) is 13.8. The molecule has 0 rings (SSSR count). The van der Waals surface area contributed by atoms with E-state index in [1.54, 1.807) is 0 Å². The SMILES string of the molecule is C[C@@H](NCC(=O)C(C)(C)C)C(=O)O. The van der Waals surface area contributed by atoms with Gasteiger partial charge in [0, 0.05) is 5.41 Å². The van der Waals surface area contributed by atoms with Crippen molar-refractivity contribution in [3.63, 3.8) is 0 Å². The fourth-order valence-electron chi connectivity index (χ4n) is 0.598. The number of nitrogens with one attached hydrogen (secondary N) is 1. The summed E-state index contributed by atoms with van der Waals surface area (Å²) in [6.45, 7) is 7.04. The van der Waals surface area contributed by atoms with Crippen LogP contribution in [0.2, 0.25) is 0 Å². The van der Waals surface area contributed by atoms with Gasteiger partial charge in [-0.25, -0.2) is 0 Å². The highest BCUT2D eigenvalue weighted by Gasteiger charge is 2.22. The number of hydrogen-bond acceptors (Lipinski definition) is 3. The Hall–Kier alpha value is -0.900. The Balaban J connectivity index is 3.91. The minimum Gasteiger partial charge on any atom is -0.480 e. The number of carboxylic acids is 1. The third-order valence-corrected chi connectivity index (χ3v) is 1.78. The number of rotatable bonds is 4. The second kappa shape index (κ2) is 4.37. The molecule has 0 saturated carbocycles. The van der Waals surface area contributed by atoms with Crippen molar-refractivity contribution in [2.75, 3.05) is 6.54 Å². The third-order valence-electron chi connectivity index (χ3n) is 1.78. The van der Waals surface area contributed by atoms with Gasteiger partial charge in [-0.05, 0) is 6.92 Å². The van der Waals surface area contributed by atoms with E-state index in [2.05, 4.69) is 5.32 Å². The van der Waals surface area contributed by atoms with Crippen molar-refractivity contribution in [1.82, 2.24) is 5.32 Å². The number of Topliss-reactive ketones (excluding diaryl/α,β-unsaturated/α-hetero) is 1. The molecule has 0 saturated heterocycles. The summed E-state index contributed by atoms with van der Waals surface area (Å²) in [5, 5.41) is 11.2. The van der Waals surface area contributed by atoms with Crippen LogP contribution in [0.15, 0.2) is 0 Å². The second-order valence-electron chi connectivity index (χ2n) is 4.11. The summed E-state index contributed by atoms with van der Waals surface area (Å²) in [6, 6.07) is -0.675. The first-order valence-electron chi connectivity index (χ1n) is 4.24. The molecule has 0 aromatic rings. The molecule has 76 valence electrons. The fourth-order valence-corrected chi connectivity index (χ4v) is 0.598. The van der Waals surface area contributed by atoms with Crippen molar-refractivity contribution in [1.29, 1.82) is 0 Å². The molecule has 0 unspecified atom stereocenters. The maximum absolute atomic E-state index is 11.3. The Labute approximate surface area is 78.3 Å². The van der Waals surface area contributed by atoms with E-state index in [9.17, 15) is 9.59 Å². The van der Waals surface area contributed by atoms with Gasteiger partial charge in [0.1, 0.15) is 6.04 Å². The van der Waals surface area contributed by atoms with Gasteiger partial charge in [0.15, 0.2) is 5.78 Å².